The molecule has 4 rings (SSSR count). The van der Waals surface area contributed by atoms with Crippen LogP contribution >= 0.6 is 0 Å². The summed E-state index contributed by atoms with van der Waals surface area (Å²) < 4.78 is 37.9. The first-order valence-electron chi connectivity index (χ1n) is 9.06. The molecule has 1 atom stereocenters. The second kappa shape index (κ2) is 7.32. The predicted octanol–water partition coefficient (Wildman–Crippen LogP) is 2.72. The van der Waals surface area contributed by atoms with Crippen molar-refractivity contribution < 1.29 is 22.8 Å². The molecule has 156 valence electrons. The average Bonchev–Trinajstić information content (AvgIpc) is 3.26. The summed E-state index contributed by atoms with van der Waals surface area (Å²) in [5.41, 5.74) is 2.84. The summed E-state index contributed by atoms with van der Waals surface area (Å²) in [6.45, 7) is 0.526. The molecule has 3 heterocycles. The fraction of sp³-hybridized carbons (Fsp3) is 0.263. The number of nitrogens with zero attached hydrogens (tertiary/aromatic N) is 3. The van der Waals surface area contributed by atoms with Gasteiger partial charge in [-0.3, -0.25) is 14.7 Å². The van der Waals surface area contributed by atoms with Gasteiger partial charge in [-0.1, -0.05) is 12.1 Å². The summed E-state index contributed by atoms with van der Waals surface area (Å²) >= 11 is 0. The third-order valence-corrected chi connectivity index (χ3v) is 4.79. The van der Waals surface area contributed by atoms with Crippen LogP contribution in [0.1, 0.15) is 22.8 Å². The second-order valence-electron chi connectivity index (χ2n) is 6.99. The number of carbonyl (C=O) groups is 2. The van der Waals surface area contributed by atoms with E-state index in [-0.39, 0.29) is 6.54 Å². The number of H-pyrrole nitrogens is 1. The Kier molecular flexibility index (Phi) is 4.80. The summed E-state index contributed by atoms with van der Waals surface area (Å²) in [6, 6.07) is 5.03. The third-order valence-electron chi connectivity index (χ3n) is 4.79. The number of carbonyl (C=O) groups excluding carboxylic acids is 2. The number of benzene rings is 1. The Balaban J connectivity index is 1.50. The predicted molar refractivity (Wildman–Crippen MR) is 102 cm³/mol. The maximum atomic E-state index is 12.9. The van der Waals surface area contributed by atoms with Crippen molar-refractivity contribution in [2.45, 2.75) is 25.7 Å². The molecule has 0 spiro atoms. The minimum Gasteiger partial charge on any atom is -0.354 e. The van der Waals surface area contributed by atoms with Crippen molar-refractivity contribution in [1.29, 1.82) is 0 Å². The number of anilines is 2. The van der Waals surface area contributed by atoms with Crippen LogP contribution < -0.4 is 10.6 Å². The standard InChI is InChI=1S/C19H17F3N6O2/c1-10(19(20,21)22)25-15(29)9-28-8-11-3-2-4-14(16(11)18(28)30)26-13-5-12-6-24-27-17(12)23-7-13/h2-7,10,26H,8-9H2,1H3,(H,25,29)(H,23,24,27)/t10-/m0/s1. The van der Waals surface area contributed by atoms with Gasteiger partial charge in [0, 0.05) is 11.9 Å². The zero-order valence-corrected chi connectivity index (χ0v) is 15.7. The Bertz CT molecular complexity index is 1130. The topological polar surface area (TPSA) is 103 Å². The maximum absolute atomic E-state index is 12.9. The first kappa shape index (κ1) is 19.7. The molecule has 2 amide bonds. The zero-order valence-electron chi connectivity index (χ0n) is 15.7. The van der Waals surface area contributed by atoms with Gasteiger partial charge in [-0.15, -0.1) is 0 Å². The van der Waals surface area contributed by atoms with Gasteiger partial charge >= 0.3 is 6.18 Å². The third kappa shape index (κ3) is 3.78. The molecule has 11 heteroatoms. The normalized spacial score (nSPS) is 14.7. The van der Waals surface area contributed by atoms with Crippen LogP contribution in [0.2, 0.25) is 0 Å². The van der Waals surface area contributed by atoms with Crippen LogP contribution in [-0.4, -0.2) is 50.7 Å². The number of rotatable bonds is 5. The van der Waals surface area contributed by atoms with Gasteiger partial charge in [-0.2, -0.15) is 18.3 Å². The quantitative estimate of drug-likeness (QED) is 0.591. The molecule has 1 aliphatic heterocycles. The molecule has 0 radical (unpaired) electrons. The van der Waals surface area contributed by atoms with Crippen LogP contribution in [0.5, 0.6) is 0 Å². The smallest absolute Gasteiger partial charge is 0.354 e. The van der Waals surface area contributed by atoms with E-state index in [9.17, 15) is 22.8 Å². The van der Waals surface area contributed by atoms with E-state index in [1.54, 1.807) is 30.6 Å². The van der Waals surface area contributed by atoms with E-state index in [0.29, 0.717) is 28.1 Å². The molecule has 0 unspecified atom stereocenters. The van der Waals surface area contributed by atoms with Gasteiger partial charge < -0.3 is 15.5 Å². The average molecular weight is 418 g/mol. The zero-order chi connectivity index (χ0) is 21.5. The molecule has 1 aromatic carbocycles. The van der Waals surface area contributed by atoms with Crippen LogP contribution in [0.25, 0.3) is 11.0 Å². The molecule has 8 nitrogen and oxygen atoms in total. The second-order valence-corrected chi connectivity index (χ2v) is 6.99. The molecule has 2 aromatic heterocycles. The van der Waals surface area contributed by atoms with Crippen molar-refractivity contribution in [1.82, 2.24) is 25.4 Å². The number of nitrogens with one attached hydrogen (secondary N) is 3. The number of amides is 2. The number of aromatic amines is 1. The summed E-state index contributed by atoms with van der Waals surface area (Å²) in [7, 11) is 0. The molecule has 0 fully saturated rings. The Hall–Kier alpha value is -3.63. The number of hydrogen-bond donors (Lipinski definition) is 3. The van der Waals surface area contributed by atoms with E-state index >= 15 is 0 Å². The molecule has 1 aliphatic rings. The fourth-order valence-electron chi connectivity index (χ4n) is 3.25. The van der Waals surface area contributed by atoms with Crippen molar-refractivity contribution >= 4 is 34.2 Å². The molecule has 0 aliphatic carbocycles. The van der Waals surface area contributed by atoms with Crippen molar-refractivity contribution in [2.75, 3.05) is 11.9 Å². The Morgan fingerprint density at radius 2 is 2.13 bits per heavy atom. The molecule has 0 bridgehead atoms. The minimum atomic E-state index is -4.55. The number of fused-ring (bicyclic) bond motifs is 2. The van der Waals surface area contributed by atoms with Gasteiger partial charge in [0.25, 0.3) is 5.91 Å². The Labute approximate surface area is 168 Å². The van der Waals surface area contributed by atoms with E-state index < -0.39 is 30.6 Å². The highest BCUT2D eigenvalue weighted by Crippen LogP contribution is 2.31. The molecule has 3 N–H and O–H groups in total. The number of hydrogen-bond acceptors (Lipinski definition) is 5. The van der Waals surface area contributed by atoms with E-state index in [1.165, 1.54) is 4.90 Å². The van der Waals surface area contributed by atoms with E-state index in [0.717, 1.165) is 12.3 Å². The SMILES string of the molecule is C[C@H](NC(=O)CN1Cc2cccc(Nc3cnc4[nH]ncc4c3)c2C1=O)C(F)(F)F. The monoisotopic (exact) mass is 418 g/mol. The highest BCUT2D eigenvalue weighted by molar-refractivity contribution is 6.05. The summed E-state index contributed by atoms with van der Waals surface area (Å²) in [6.07, 6.45) is -1.34. The van der Waals surface area contributed by atoms with Crippen LogP contribution in [0.15, 0.2) is 36.7 Å². The van der Waals surface area contributed by atoms with Gasteiger partial charge in [-0.25, -0.2) is 4.98 Å². The van der Waals surface area contributed by atoms with E-state index in [1.807, 2.05) is 11.4 Å². The fourth-order valence-corrected chi connectivity index (χ4v) is 3.25. The van der Waals surface area contributed by atoms with Crippen molar-refractivity contribution in [3.8, 4) is 0 Å². The summed E-state index contributed by atoms with van der Waals surface area (Å²) in [5.74, 6) is -1.30. The summed E-state index contributed by atoms with van der Waals surface area (Å²) in [5, 5.41) is 12.5. The van der Waals surface area contributed by atoms with Gasteiger partial charge in [0.05, 0.1) is 29.3 Å². The number of alkyl halides is 3. The lowest BCUT2D eigenvalue weighted by Gasteiger charge is -2.20. The first-order chi connectivity index (χ1) is 14.2. The van der Waals surface area contributed by atoms with Crippen LogP contribution in [0.4, 0.5) is 24.5 Å². The van der Waals surface area contributed by atoms with Gasteiger partial charge in [-0.05, 0) is 24.6 Å². The number of halogens is 3. The van der Waals surface area contributed by atoms with Crippen molar-refractivity contribution in [3.63, 3.8) is 0 Å². The highest BCUT2D eigenvalue weighted by Gasteiger charge is 2.38. The maximum Gasteiger partial charge on any atom is 0.408 e. The largest absolute Gasteiger partial charge is 0.408 e. The molecule has 0 saturated heterocycles. The van der Waals surface area contributed by atoms with Crippen LogP contribution in [0.3, 0.4) is 0 Å². The molecular formula is C19H17F3N6O2. The van der Waals surface area contributed by atoms with Gasteiger partial charge in [0.1, 0.15) is 12.6 Å². The van der Waals surface area contributed by atoms with E-state index in [4.69, 9.17) is 0 Å². The van der Waals surface area contributed by atoms with Gasteiger partial charge in [0.2, 0.25) is 5.91 Å². The lowest BCUT2D eigenvalue weighted by atomic mass is 10.1. The lowest BCUT2D eigenvalue weighted by Crippen LogP contribution is -2.47. The Morgan fingerprint density at radius 3 is 2.90 bits per heavy atom. The van der Waals surface area contributed by atoms with Gasteiger partial charge in [0.15, 0.2) is 5.65 Å². The molecule has 30 heavy (non-hydrogen) atoms. The van der Waals surface area contributed by atoms with Crippen LogP contribution in [-0.2, 0) is 11.3 Å². The van der Waals surface area contributed by atoms with Crippen molar-refractivity contribution in [2.24, 2.45) is 0 Å². The molecule has 3 aromatic rings. The first-order valence-corrected chi connectivity index (χ1v) is 9.06. The Morgan fingerprint density at radius 1 is 1.33 bits per heavy atom. The molecule has 0 saturated carbocycles. The number of aromatic nitrogens is 3. The minimum absolute atomic E-state index is 0.135. The number of pyridine rings is 1. The van der Waals surface area contributed by atoms with Crippen LogP contribution in [0, 0.1) is 0 Å². The molecular weight excluding hydrogens is 401 g/mol. The summed E-state index contributed by atoms with van der Waals surface area (Å²) in [4.78, 5) is 30.3. The lowest BCUT2D eigenvalue weighted by molar-refractivity contribution is -0.158. The van der Waals surface area contributed by atoms with E-state index in [2.05, 4.69) is 20.5 Å². The van der Waals surface area contributed by atoms with Crippen molar-refractivity contribution in [3.05, 3.63) is 47.8 Å². The highest BCUT2D eigenvalue weighted by atomic mass is 19.4.